The second kappa shape index (κ2) is 7.54. The van der Waals surface area contributed by atoms with Crippen LogP contribution in [0.4, 0.5) is 0 Å². The average Bonchev–Trinajstić information content (AvgIpc) is 2.30. The molecule has 0 aliphatic rings. The lowest BCUT2D eigenvalue weighted by Crippen LogP contribution is -2.00. The summed E-state index contributed by atoms with van der Waals surface area (Å²) in [7, 11) is 0. The van der Waals surface area contributed by atoms with E-state index in [1.807, 2.05) is 18.2 Å². The fraction of sp³-hybridized carbons (Fsp3) is 0.417. The molecule has 0 heterocycles. The molecule has 1 rings (SSSR count). The molecule has 0 bridgehead atoms. The van der Waals surface area contributed by atoms with E-state index in [-0.39, 0.29) is 0 Å². The lowest BCUT2D eigenvalue weighted by atomic mass is 10.2. The molecule has 4 heteroatoms. The van der Waals surface area contributed by atoms with Crippen LogP contribution in [0.5, 0.6) is 5.75 Å². The van der Waals surface area contributed by atoms with Crippen LogP contribution < -0.4 is 4.74 Å². The molecular weight excluding hydrogens is 289 g/mol. The molecular formula is C12H13BrClNO. The van der Waals surface area contributed by atoms with Gasteiger partial charge in [0.05, 0.1) is 17.7 Å². The molecule has 0 aliphatic carbocycles. The first kappa shape index (κ1) is 13.3. The van der Waals surface area contributed by atoms with E-state index in [1.165, 1.54) is 0 Å². The number of unbranched alkanes of at least 4 members (excludes halogenated alkanes) is 2. The molecule has 0 aliphatic heterocycles. The second-order valence-corrected chi connectivity index (χ2v) is 4.29. The van der Waals surface area contributed by atoms with Gasteiger partial charge in [0.15, 0.2) is 0 Å². The summed E-state index contributed by atoms with van der Waals surface area (Å²) < 4.78 is 5.63. The van der Waals surface area contributed by atoms with E-state index >= 15 is 0 Å². The molecule has 1 aromatic carbocycles. The minimum absolute atomic E-state index is 0.581. The van der Waals surface area contributed by atoms with Gasteiger partial charge in [-0.1, -0.05) is 39.7 Å². The van der Waals surface area contributed by atoms with Crippen LogP contribution in [0.3, 0.4) is 0 Å². The zero-order valence-electron chi connectivity index (χ0n) is 8.88. The number of rotatable bonds is 6. The highest BCUT2D eigenvalue weighted by atomic mass is 79.9. The van der Waals surface area contributed by atoms with E-state index in [1.54, 1.807) is 0 Å². The number of ether oxygens (including phenoxy) is 1. The molecule has 0 radical (unpaired) electrons. The smallest absolute Gasteiger partial charge is 0.141 e. The van der Waals surface area contributed by atoms with Crippen LogP contribution in [-0.2, 0) is 5.33 Å². The van der Waals surface area contributed by atoms with Crippen molar-refractivity contribution in [3.05, 3.63) is 28.8 Å². The van der Waals surface area contributed by atoms with Crippen LogP contribution in [0.1, 0.15) is 24.8 Å². The predicted molar refractivity (Wildman–Crippen MR) is 69.0 cm³/mol. The molecule has 1 aromatic rings. The van der Waals surface area contributed by atoms with E-state index in [0.717, 1.165) is 29.5 Å². The summed E-state index contributed by atoms with van der Waals surface area (Å²) in [5.41, 5.74) is 1.05. The summed E-state index contributed by atoms with van der Waals surface area (Å²) in [6, 6.07) is 7.81. The molecule has 2 nitrogen and oxygen atoms in total. The zero-order chi connectivity index (χ0) is 11.8. The van der Waals surface area contributed by atoms with E-state index in [0.29, 0.717) is 18.1 Å². The summed E-state index contributed by atoms with van der Waals surface area (Å²) >= 11 is 9.44. The summed E-state index contributed by atoms with van der Waals surface area (Å²) in [4.78, 5) is 0. The van der Waals surface area contributed by atoms with Crippen molar-refractivity contribution in [1.82, 2.24) is 0 Å². The predicted octanol–water partition coefficient (Wildman–Crippen LogP) is 4.31. The molecule has 86 valence electrons. The molecule has 0 aromatic heterocycles. The van der Waals surface area contributed by atoms with E-state index in [9.17, 15) is 0 Å². The Morgan fingerprint density at radius 1 is 1.38 bits per heavy atom. The number of nitrogens with zero attached hydrogens (tertiary/aromatic N) is 1. The number of alkyl halides is 1. The molecule has 0 N–H and O–H groups in total. The Labute approximate surface area is 109 Å². The maximum absolute atomic E-state index is 8.39. The lowest BCUT2D eigenvalue weighted by Gasteiger charge is -2.11. The van der Waals surface area contributed by atoms with Crippen LogP contribution in [0.25, 0.3) is 0 Å². The summed E-state index contributed by atoms with van der Waals surface area (Å²) in [5.74, 6) is 0.748. The highest BCUT2D eigenvalue weighted by Crippen LogP contribution is 2.30. The van der Waals surface area contributed by atoms with Crippen LogP contribution in [0.2, 0.25) is 5.02 Å². The van der Waals surface area contributed by atoms with E-state index < -0.39 is 0 Å². The number of hydrogen-bond donors (Lipinski definition) is 0. The highest BCUT2D eigenvalue weighted by molar-refractivity contribution is 9.08. The molecule has 0 saturated heterocycles. The lowest BCUT2D eigenvalue weighted by molar-refractivity contribution is 0.305. The molecule has 0 fully saturated rings. The van der Waals surface area contributed by atoms with Crippen molar-refractivity contribution in [3.8, 4) is 11.8 Å². The third-order valence-electron chi connectivity index (χ3n) is 2.12. The normalized spacial score (nSPS) is 9.81. The van der Waals surface area contributed by atoms with Crippen molar-refractivity contribution in [2.24, 2.45) is 0 Å². The summed E-state index contributed by atoms with van der Waals surface area (Å²) in [6.45, 7) is 0.603. The first-order valence-electron chi connectivity index (χ1n) is 5.12. The first-order valence-corrected chi connectivity index (χ1v) is 6.62. The van der Waals surface area contributed by atoms with Gasteiger partial charge < -0.3 is 4.74 Å². The van der Waals surface area contributed by atoms with Crippen LogP contribution in [0, 0.1) is 11.3 Å². The zero-order valence-corrected chi connectivity index (χ0v) is 11.2. The number of benzene rings is 1. The molecule has 0 saturated carbocycles. The van der Waals surface area contributed by atoms with Gasteiger partial charge in [-0.2, -0.15) is 5.26 Å². The van der Waals surface area contributed by atoms with E-state index in [2.05, 4.69) is 22.0 Å². The first-order chi connectivity index (χ1) is 7.79. The van der Waals surface area contributed by atoms with Gasteiger partial charge >= 0.3 is 0 Å². The van der Waals surface area contributed by atoms with E-state index in [4.69, 9.17) is 21.6 Å². The quantitative estimate of drug-likeness (QED) is 0.579. The van der Waals surface area contributed by atoms with Gasteiger partial charge in [0.25, 0.3) is 0 Å². The Kier molecular flexibility index (Phi) is 6.29. The summed E-state index contributed by atoms with van der Waals surface area (Å²) in [5, 5.41) is 9.75. The maximum Gasteiger partial charge on any atom is 0.141 e. The Balaban J connectivity index is 2.50. The van der Waals surface area contributed by atoms with Gasteiger partial charge in [-0.05, 0) is 18.9 Å². The van der Waals surface area contributed by atoms with Crippen molar-refractivity contribution in [3.63, 3.8) is 0 Å². The largest absolute Gasteiger partial charge is 0.492 e. The fourth-order valence-electron chi connectivity index (χ4n) is 1.30. The van der Waals surface area contributed by atoms with Crippen molar-refractivity contribution >= 4 is 27.5 Å². The van der Waals surface area contributed by atoms with Gasteiger partial charge in [0, 0.05) is 17.3 Å². The van der Waals surface area contributed by atoms with Crippen LogP contribution >= 0.6 is 27.5 Å². The summed E-state index contributed by atoms with van der Waals surface area (Å²) in [6.07, 6.45) is 2.32. The molecule has 0 atom stereocenters. The van der Waals surface area contributed by atoms with Crippen LogP contribution in [-0.4, -0.2) is 6.61 Å². The average molecular weight is 303 g/mol. The van der Waals surface area contributed by atoms with Gasteiger partial charge in [-0.3, -0.25) is 0 Å². The third kappa shape index (κ3) is 4.03. The SMILES string of the molecule is N#CCCCCOc1c(Cl)cccc1CBr. The molecule has 0 unspecified atom stereocenters. The molecule has 0 amide bonds. The Morgan fingerprint density at radius 3 is 2.88 bits per heavy atom. The maximum atomic E-state index is 8.39. The van der Waals surface area contributed by atoms with Gasteiger partial charge in [-0.15, -0.1) is 0 Å². The Bertz CT molecular complexity index is 376. The standard InChI is InChI=1S/C12H13BrClNO/c13-9-10-5-4-6-11(14)12(10)16-8-3-1-2-7-15/h4-6H,1-3,8-9H2. The minimum atomic E-state index is 0.581. The second-order valence-electron chi connectivity index (χ2n) is 3.33. The van der Waals surface area contributed by atoms with Crippen LogP contribution in [0.15, 0.2) is 18.2 Å². The number of nitriles is 1. The van der Waals surface area contributed by atoms with Gasteiger partial charge in [0.2, 0.25) is 0 Å². The Hall–Kier alpha value is -0.720. The number of hydrogen-bond acceptors (Lipinski definition) is 2. The third-order valence-corrected chi connectivity index (χ3v) is 3.02. The monoisotopic (exact) mass is 301 g/mol. The number of halogens is 2. The highest BCUT2D eigenvalue weighted by Gasteiger charge is 2.06. The van der Waals surface area contributed by atoms with Gasteiger partial charge in [-0.25, -0.2) is 0 Å². The van der Waals surface area contributed by atoms with Crippen molar-refractivity contribution in [2.45, 2.75) is 24.6 Å². The molecule has 16 heavy (non-hydrogen) atoms. The topological polar surface area (TPSA) is 33.0 Å². The Morgan fingerprint density at radius 2 is 2.19 bits per heavy atom. The minimum Gasteiger partial charge on any atom is -0.492 e. The van der Waals surface area contributed by atoms with Crippen molar-refractivity contribution in [2.75, 3.05) is 6.61 Å². The van der Waals surface area contributed by atoms with Gasteiger partial charge in [0.1, 0.15) is 5.75 Å². The molecule has 0 spiro atoms. The number of para-hydroxylation sites is 1. The fourth-order valence-corrected chi connectivity index (χ4v) is 1.99. The van der Waals surface area contributed by atoms with Crippen molar-refractivity contribution < 1.29 is 4.74 Å². The van der Waals surface area contributed by atoms with Crippen molar-refractivity contribution in [1.29, 1.82) is 5.26 Å².